The zero-order valence-corrected chi connectivity index (χ0v) is 11.5. The lowest BCUT2D eigenvalue weighted by Gasteiger charge is -2.23. The van der Waals surface area contributed by atoms with E-state index in [2.05, 4.69) is 31.0 Å². The monoisotopic (exact) mass is 226 g/mol. The molecule has 0 aromatic rings. The van der Waals surface area contributed by atoms with Crippen LogP contribution in [-0.4, -0.2) is 37.1 Å². The molecule has 0 aliphatic heterocycles. The maximum absolute atomic E-state index is 3.57. The van der Waals surface area contributed by atoms with Gasteiger partial charge in [0.15, 0.2) is 0 Å². The van der Waals surface area contributed by atoms with E-state index in [1.165, 1.54) is 51.7 Å². The van der Waals surface area contributed by atoms with Crippen molar-refractivity contribution in [2.45, 2.75) is 58.9 Å². The molecule has 1 fully saturated rings. The summed E-state index contributed by atoms with van der Waals surface area (Å²) in [6.45, 7) is 11.9. The summed E-state index contributed by atoms with van der Waals surface area (Å²) in [7, 11) is 0. The highest BCUT2D eigenvalue weighted by molar-refractivity contribution is 4.77. The second-order valence-corrected chi connectivity index (χ2v) is 5.39. The van der Waals surface area contributed by atoms with Gasteiger partial charge >= 0.3 is 0 Å². The van der Waals surface area contributed by atoms with Gasteiger partial charge in [-0.1, -0.05) is 13.8 Å². The average molecular weight is 226 g/mol. The Morgan fingerprint density at radius 2 is 1.94 bits per heavy atom. The van der Waals surface area contributed by atoms with Crippen LogP contribution in [0.3, 0.4) is 0 Å². The van der Waals surface area contributed by atoms with Crippen LogP contribution in [0.15, 0.2) is 0 Å². The van der Waals surface area contributed by atoms with Crippen LogP contribution in [0, 0.1) is 5.92 Å². The third kappa shape index (κ3) is 6.49. The molecule has 1 aliphatic carbocycles. The Morgan fingerprint density at radius 3 is 2.50 bits per heavy atom. The molecule has 0 aromatic carbocycles. The first-order valence-corrected chi connectivity index (χ1v) is 7.22. The second kappa shape index (κ2) is 8.08. The van der Waals surface area contributed by atoms with Gasteiger partial charge in [0.1, 0.15) is 0 Å². The van der Waals surface area contributed by atoms with Gasteiger partial charge in [-0.15, -0.1) is 0 Å². The van der Waals surface area contributed by atoms with E-state index in [1.807, 2.05) is 0 Å². The summed E-state index contributed by atoms with van der Waals surface area (Å²) in [6.07, 6.45) is 6.79. The Labute approximate surface area is 102 Å². The first kappa shape index (κ1) is 14.0. The van der Waals surface area contributed by atoms with Crippen LogP contribution in [0.5, 0.6) is 0 Å². The summed E-state index contributed by atoms with van der Waals surface area (Å²) in [5.74, 6) is 1.03. The number of nitrogens with zero attached hydrogens (tertiary/aromatic N) is 1. The lowest BCUT2D eigenvalue weighted by Crippen LogP contribution is -2.34. The molecule has 16 heavy (non-hydrogen) atoms. The van der Waals surface area contributed by atoms with Crippen molar-refractivity contribution in [2.75, 3.05) is 26.2 Å². The minimum atomic E-state index is 0.679. The van der Waals surface area contributed by atoms with E-state index in [0.29, 0.717) is 6.04 Å². The summed E-state index contributed by atoms with van der Waals surface area (Å²) < 4.78 is 0. The molecular weight excluding hydrogens is 196 g/mol. The molecule has 2 nitrogen and oxygen atoms in total. The predicted molar refractivity (Wildman–Crippen MR) is 71.8 cm³/mol. The molecule has 1 atom stereocenters. The normalized spacial score (nSPS) is 18.0. The van der Waals surface area contributed by atoms with Crippen LogP contribution in [-0.2, 0) is 0 Å². The Morgan fingerprint density at radius 1 is 1.19 bits per heavy atom. The minimum Gasteiger partial charge on any atom is -0.314 e. The highest BCUT2D eigenvalue weighted by Crippen LogP contribution is 2.29. The van der Waals surface area contributed by atoms with Crippen LogP contribution in [0.4, 0.5) is 0 Å². The highest BCUT2D eigenvalue weighted by Gasteiger charge is 2.23. The fourth-order valence-corrected chi connectivity index (χ4v) is 2.15. The first-order valence-electron chi connectivity index (χ1n) is 7.22. The largest absolute Gasteiger partial charge is 0.314 e. The summed E-state index contributed by atoms with van der Waals surface area (Å²) >= 11 is 0. The SMILES string of the molecule is CCCNC(C)CCN(CCC)CC1CC1. The quantitative estimate of drug-likeness (QED) is 0.616. The topological polar surface area (TPSA) is 15.3 Å². The van der Waals surface area contributed by atoms with Crippen molar-refractivity contribution in [1.82, 2.24) is 10.2 Å². The summed E-state index contributed by atoms with van der Waals surface area (Å²) in [6, 6.07) is 0.679. The van der Waals surface area contributed by atoms with E-state index < -0.39 is 0 Å². The maximum Gasteiger partial charge on any atom is 0.00508 e. The van der Waals surface area contributed by atoms with E-state index in [0.717, 1.165) is 12.5 Å². The Kier molecular flexibility index (Phi) is 7.06. The van der Waals surface area contributed by atoms with Gasteiger partial charge in [-0.25, -0.2) is 0 Å². The molecule has 1 unspecified atom stereocenters. The second-order valence-electron chi connectivity index (χ2n) is 5.39. The van der Waals surface area contributed by atoms with Crippen LogP contribution < -0.4 is 5.32 Å². The lowest BCUT2D eigenvalue weighted by atomic mass is 10.2. The van der Waals surface area contributed by atoms with E-state index >= 15 is 0 Å². The smallest absolute Gasteiger partial charge is 0.00508 e. The highest BCUT2D eigenvalue weighted by atomic mass is 15.1. The Balaban J connectivity index is 2.09. The van der Waals surface area contributed by atoms with Gasteiger partial charge in [0, 0.05) is 12.6 Å². The van der Waals surface area contributed by atoms with Crippen molar-refractivity contribution < 1.29 is 0 Å². The van der Waals surface area contributed by atoms with Crippen molar-refractivity contribution in [3.05, 3.63) is 0 Å². The number of rotatable bonds is 10. The molecule has 0 amide bonds. The van der Waals surface area contributed by atoms with Gasteiger partial charge in [-0.05, 0) is 64.6 Å². The fraction of sp³-hybridized carbons (Fsp3) is 1.00. The molecule has 1 rings (SSSR count). The first-order chi connectivity index (χ1) is 7.76. The molecular formula is C14H30N2. The van der Waals surface area contributed by atoms with Crippen LogP contribution in [0.2, 0.25) is 0 Å². The van der Waals surface area contributed by atoms with Crippen molar-refractivity contribution >= 4 is 0 Å². The van der Waals surface area contributed by atoms with E-state index in [9.17, 15) is 0 Å². The maximum atomic E-state index is 3.57. The molecule has 0 bridgehead atoms. The third-order valence-electron chi connectivity index (χ3n) is 3.37. The molecule has 0 heterocycles. The number of nitrogens with one attached hydrogen (secondary N) is 1. The molecule has 0 aromatic heterocycles. The molecule has 1 aliphatic rings. The lowest BCUT2D eigenvalue weighted by molar-refractivity contribution is 0.249. The molecule has 2 heteroatoms. The van der Waals surface area contributed by atoms with Gasteiger partial charge in [0.25, 0.3) is 0 Å². The number of hydrogen-bond donors (Lipinski definition) is 1. The fourth-order valence-electron chi connectivity index (χ4n) is 2.15. The van der Waals surface area contributed by atoms with E-state index in [-0.39, 0.29) is 0 Å². The van der Waals surface area contributed by atoms with Crippen LogP contribution in [0.25, 0.3) is 0 Å². The molecule has 0 radical (unpaired) electrons. The molecule has 0 saturated heterocycles. The van der Waals surface area contributed by atoms with E-state index in [4.69, 9.17) is 0 Å². The molecule has 0 spiro atoms. The van der Waals surface area contributed by atoms with E-state index in [1.54, 1.807) is 0 Å². The number of hydrogen-bond acceptors (Lipinski definition) is 2. The van der Waals surface area contributed by atoms with Crippen molar-refractivity contribution in [3.63, 3.8) is 0 Å². The van der Waals surface area contributed by atoms with Gasteiger partial charge in [-0.3, -0.25) is 0 Å². The van der Waals surface area contributed by atoms with Crippen molar-refractivity contribution in [1.29, 1.82) is 0 Å². The van der Waals surface area contributed by atoms with Crippen molar-refractivity contribution in [2.24, 2.45) is 5.92 Å². The third-order valence-corrected chi connectivity index (χ3v) is 3.37. The molecule has 1 N–H and O–H groups in total. The Bertz CT molecular complexity index is 166. The zero-order valence-electron chi connectivity index (χ0n) is 11.5. The predicted octanol–water partition coefficient (Wildman–Crippen LogP) is 2.89. The van der Waals surface area contributed by atoms with Gasteiger partial charge in [0.05, 0.1) is 0 Å². The van der Waals surface area contributed by atoms with Gasteiger partial charge < -0.3 is 10.2 Å². The minimum absolute atomic E-state index is 0.679. The van der Waals surface area contributed by atoms with Crippen LogP contribution in [0.1, 0.15) is 52.9 Å². The Hall–Kier alpha value is -0.0800. The summed E-state index contributed by atoms with van der Waals surface area (Å²) in [4.78, 5) is 2.67. The zero-order chi connectivity index (χ0) is 11.8. The molecule has 96 valence electrons. The summed E-state index contributed by atoms with van der Waals surface area (Å²) in [5.41, 5.74) is 0. The standard InChI is InChI=1S/C14H30N2/c1-4-9-15-13(3)8-11-16(10-5-2)12-14-6-7-14/h13-15H,4-12H2,1-3H3. The summed E-state index contributed by atoms with van der Waals surface area (Å²) in [5, 5.41) is 3.57. The molecule has 1 saturated carbocycles. The van der Waals surface area contributed by atoms with Gasteiger partial charge in [-0.2, -0.15) is 0 Å². The van der Waals surface area contributed by atoms with Crippen LogP contribution >= 0.6 is 0 Å². The van der Waals surface area contributed by atoms with Gasteiger partial charge in [0.2, 0.25) is 0 Å². The van der Waals surface area contributed by atoms with Crippen molar-refractivity contribution in [3.8, 4) is 0 Å². The average Bonchev–Trinajstić information content (AvgIpc) is 3.07.